The Kier molecular flexibility index (Phi) is 5.54. The molecule has 0 saturated heterocycles. The molecule has 0 radical (unpaired) electrons. The summed E-state index contributed by atoms with van der Waals surface area (Å²) in [5.41, 5.74) is 3.32. The van der Waals surface area contributed by atoms with Crippen LogP contribution in [0.15, 0.2) is 42.9 Å². The Morgan fingerprint density at radius 3 is 1.53 bits per heavy atom. The minimum atomic E-state index is 0.202. The van der Waals surface area contributed by atoms with E-state index in [1.165, 1.54) is 48.3 Å². The first-order chi connectivity index (χ1) is 16.1. The van der Waals surface area contributed by atoms with E-state index < -0.39 is 0 Å². The smallest absolute Gasteiger partial charge is 0.108 e. The third kappa shape index (κ3) is 3.70. The van der Waals surface area contributed by atoms with Crippen molar-refractivity contribution in [1.29, 1.82) is 0 Å². The number of hydrogen-bond donors (Lipinski definition) is 0. The second kappa shape index (κ2) is 8.13. The molecule has 4 aliphatic carbocycles. The summed E-state index contributed by atoms with van der Waals surface area (Å²) in [5.74, 6) is 7.24. The molecule has 0 fully saturated rings. The van der Waals surface area contributed by atoms with Gasteiger partial charge < -0.3 is 8.83 Å². The van der Waals surface area contributed by atoms with Gasteiger partial charge in [-0.05, 0) is 107 Å². The zero-order valence-corrected chi connectivity index (χ0v) is 23.1. The lowest BCUT2D eigenvalue weighted by atomic mass is 9.60. The molecule has 0 amide bonds. The fourth-order valence-electron chi connectivity index (χ4n) is 7.69. The van der Waals surface area contributed by atoms with Crippen molar-refractivity contribution in [2.45, 2.75) is 90.9 Å². The van der Waals surface area contributed by atoms with Gasteiger partial charge in [0.1, 0.15) is 23.0 Å². The van der Waals surface area contributed by atoms with Crippen LogP contribution in [0.4, 0.5) is 0 Å². The Morgan fingerprint density at radius 2 is 1.12 bits per heavy atom. The van der Waals surface area contributed by atoms with Gasteiger partial charge in [-0.1, -0.05) is 61.4 Å². The van der Waals surface area contributed by atoms with Crippen molar-refractivity contribution < 1.29 is 8.83 Å². The topological polar surface area (TPSA) is 26.3 Å². The van der Waals surface area contributed by atoms with E-state index in [9.17, 15) is 0 Å². The van der Waals surface area contributed by atoms with E-state index in [4.69, 9.17) is 8.83 Å². The number of furan rings is 2. The molecule has 0 N–H and O–H groups in total. The summed E-state index contributed by atoms with van der Waals surface area (Å²) >= 11 is 0. The van der Waals surface area contributed by atoms with Crippen LogP contribution in [0.1, 0.15) is 87.5 Å². The fourth-order valence-corrected chi connectivity index (χ4v) is 10.2. The normalized spacial score (nSPS) is 31.0. The first kappa shape index (κ1) is 23.2. The van der Waals surface area contributed by atoms with Crippen LogP contribution in [-0.4, -0.2) is 0 Å². The Balaban J connectivity index is 1.16. The summed E-state index contributed by atoms with van der Waals surface area (Å²) in [5, 5.41) is 0. The number of hydrogen-bond acceptors (Lipinski definition) is 4. The van der Waals surface area contributed by atoms with Crippen LogP contribution in [0.2, 0.25) is 0 Å². The van der Waals surface area contributed by atoms with Gasteiger partial charge in [-0.3, -0.25) is 0 Å². The maximum Gasteiger partial charge on any atom is 0.108 e. The van der Waals surface area contributed by atoms with Gasteiger partial charge in [-0.15, -0.1) is 0 Å². The predicted molar refractivity (Wildman–Crippen MR) is 144 cm³/mol. The number of aryl methyl sites for hydroxylation is 2. The molecule has 182 valence electrons. The molecule has 4 atom stereocenters. The third-order valence-corrected chi connectivity index (χ3v) is 12.2. The van der Waals surface area contributed by atoms with Gasteiger partial charge in [0.25, 0.3) is 0 Å². The third-order valence-electron chi connectivity index (χ3n) is 9.44. The molecule has 0 aromatic carbocycles. The maximum atomic E-state index is 6.12. The molecule has 4 aliphatic rings. The van der Waals surface area contributed by atoms with E-state index >= 15 is 0 Å². The first-order valence-corrected chi connectivity index (χ1v) is 15.2. The summed E-state index contributed by atoms with van der Waals surface area (Å²) in [4.78, 5) is 3.15. The van der Waals surface area contributed by atoms with Crippen LogP contribution in [0.5, 0.6) is 0 Å². The van der Waals surface area contributed by atoms with E-state index in [2.05, 4.69) is 65.8 Å². The van der Waals surface area contributed by atoms with Crippen molar-refractivity contribution in [3.8, 4) is 0 Å². The number of fused-ring (bicyclic) bond motifs is 4. The molecule has 4 heteroatoms. The van der Waals surface area contributed by atoms with Crippen molar-refractivity contribution in [2.24, 2.45) is 23.7 Å². The van der Waals surface area contributed by atoms with Crippen LogP contribution < -0.4 is 0 Å². The highest BCUT2D eigenvalue weighted by atomic mass is 33.1. The van der Waals surface area contributed by atoms with Crippen molar-refractivity contribution in [2.75, 3.05) is 0 Å². The molecular formula is C30H38O2S2. The van der Waals surface area contributed by atoms with E-state index in [0.29, 0.717) is 11.8 Å². The summed E-state index contributed by atoms with van der Waals surface area (Å²) in [7, 11) is 4.06. The minimum Gasteiger partial charge on any atom is -0.466 e. The van der Waals surface area contributed by atoms with Crippen molar-refractivity contribution in [3.05, 3.63) is 68.3 Å². The second-order valence-electron chi connectivity index (χ2n) is 12.3. The minimum absolute atomic E-state index is 0.202. The molecule has 34 heavy (non-hydrogen) atoms. The van der Waals surface area contributed by atoms with E-state index in [0.717, 1.165) is 36.2 Å². The summed E-state index contributed by atoms with van der Waals surface area (Å²) < 4.78 is 12.2. The first-order valence-electron chi connectivity index (χ1n) is 13.1. The van der Waals surface area contributed by atoms with Gasteiger partial charge >= 0.3 is 0 Å². The maximum absolute atomic E-state index is 6.12. The Hall–Kier alpha value is -1.26. The fraction of sp³-hybridized carbons (Fsp3) is 0.600. The number of allylic oxidation sites excluding steroid dienone is 4. The molecule has 0 aliphatic heterocycles. The highest BCUT2D eigenvalue weighted by molar-refractivity contribution is 8.79. The van der Waals surface area contributed by atoms with Gasteiger partial charge in [-0.2, -0.15) is 0 Å². The van der Waals surface area contributed by atoms with Crippen molar-refractivity contribution in [3.63, 3.8) is 0 Å². The van der Waals surface area contributed by atoms with Crippen LogP contribution in [0.25, 0.3) is 0 Å². The zero-order valence-electron chi connectivity index (χ0n) is 21.5. The molecule has 2 aromatic heterocycles. The van der Waals surface area contributed by atoms with E-state index in [-0.39, 0.29) is 10.8 Å². The van der Waals surface area contributed by atoms with Gasteiger partial charge in [0, 0.05) is 12.8 Å². The summed E-state index contributed by atoms with van der Waals surface area (Å²) in [6.45, 7) is 13.9. The molecule has 2 heterocycles. The molecule has 6 rings (SSSR count). The summed E-state index contributed by atoms with van der Waals surface area (Å²) in [6, 6.07) is 4.58. The highest BCUT2D eigenvalue weighted by Crippen LogP contribution is 2.55. The molecule has 0 unspecified atom stereocenters. The quantitative estimate of drug-likeness (QED) is 0.398. The predicted octanol–water partition coefficient (Wildman–Crippen LogP) is 9.06. The molecule has 0 bridgehead atoms. The van der Waals surface area contributed by atoms with Crippen LogP contribution >= 0.6 is 21.6 Å². The Labute approximate surface area is 212 Å². The standard InChI is InChI=1S/C30H38O2S2/c1-17-11-25-27(31-17)15-19-13-21(7-9-23(19)29(25,3)4)33-34-22-8-10-24-20(14-22)16-28-26(30(24,5)6)12-18(2)32-28/h11-14,19-20,23-24H,7-10,15-16H2,1-6H3/t19-,20-,23-,24-/m0/s1. The van der Waals surface area contributed by atoms with Crippen LogP contribution in [-0.2, 0) is 23.7 Å². The number of rotatable bonds is 3. The van der Waals surface area contributed by atoms with Crippen molar-refractivity contribution in [1.82, 2.24) is 0 Å². The zero-order chi connectivity index (χ0) is 23.8. The van der Waals surface area contributed by atoms with Crippen molar-refractivity contribution >= 4 is 21.6 Å². The second-order valence-corrected chi connectivity index (χ2v) is 14.7. The molecule has 2 aromatic rings. The monoisotopic (exact) mass is 494 g/mol. The largest absolute Gasteiger partial charge is 0.466 e. The van der Waals surface area contributed by atoms with Crippen LogP contribution in [0.3, 0.4) is 0 Å². The average Bonchev–Trinajstić information content (AvgIpc) is 3.34. The van der Waals surface area contributed by atoms with Crippen LogP contribution in [0, 0.1) is 37.5 Å². The van der Waals surface area contributed by atoms with Gasteiger partial charge in [-0.25, -0.2) is 0 Å². The molecule has 0 saturated carbocycles. The molecular weight excluding hydrogens is 456 g/mol. The molecule has 0 spiro atoms. The Bertz CT molecular complexity index is 1080. The van der Waals surface area contributed by atoms with Gasteiger partial charge in [0.05, 0.1) is 0 Å². The average molecular weight is 495 g/mol. The summed E-state index contributed by atoms with van der Waals surface area (Å²) in [6.07, 6.45) is 12.4. The van der Waals surface area contributed by atoms with E-state index in [1.54, 1.807) is 9.81 Å². The van der Waals surface area contributed by atoms with Gasteiger partial charge in [0.2, 0.25) is 0 Å². The Morgan fingerprint density at radius 1 is 0.706 bits per heavy atom. The van der Waals surface area contributed by atoms with Gasteiger partial charge in [0.15, 0.2) is 0 Å². The lowest BCUT2D eigenvalue weighted by molar-refractivity contribution is 0.189. The lowest BCUT2D eigenvalue weighted by Gasteiger charge is -2.45. The molecule has 2 nitrogen and oxygen atoms in total. The highest BCUT2D eigenvalue weighted by Gasteiger charge is 2.46. The lowest BCUT2D eigenvalue weighted by Crippen LogP contribution is -2.40. The van der Waals surface area contributed by atoms with E-state index in [1.807, 2.05) is 21.6 Å². The SMILES string of the molecule is Cc1cc2c(o1)C[C@@H]1C=C(SSC3=C[C@H]4Cc5oc(C)cc5C(C)(C)[C@H]4CC3)CC[C@@H]1C2(C)C.